The van der Waals surface area contributed by atoms with Crippen molar-refractivity contribution in [3.05, 3.63) is 85.1 Å². The number of esters is 3. The van der Waals surface area contributed by atoms with E-state index < -0.39 is 67.3 Å². The molecule has 12 heteroatoms. The third-order valence-electron chi connectivity index (χ3n) is 12.9. The summed E-state index contributed by atoms with van der Waals surface area (Å²) in [4.78, 5) is 51.1. The Bertz CT molecular complexity index is 1630. The van der Waals surface area contributed by atoms with Crippen molar-refractivity contribution in [2.75, 3.05) is 13.2 Å². The lowest BCUT2D eigenvalue weighted by molar-refractivity contribution is -0.301. The summed E-state index contributed by atoms with van der Waals surface area (Å²) in [5.41, 5.74) is 0. The van der Waals surface area contributed by atoms with Gasteiger partial charge in [-0.3, -0.25) is 14.4 Å². The van der Waals surface area contributed by atoms with Gasteiger partial charge in [-0.15, -0.1) is 0 Å². The molecular weight excluding hydrogens is 949 g/mol. The highest BCUT2D eigenvalue weighted by Crippen LogP contribution is 2.26. The summed E-state index contributed by atoms with van der Waals surface area (Å²) in [6.45, 7) is 5.76. The largest absolute Gasteiger partial charge is 0.479 e. The maximum Gasteiger partial charge on any atom is 0.335 e. The van der Waals surface area contributed by atoms with E-state index in [1.807, 2.05) is 0 Å². The molecule has 1 aliphatic rings. The highest BCUT2D eigenvalue weighted by Gasteiger charge is 2.50. The number of carbonyl (C=O) groups excluding carboxylic acids is 3. The lowest BCUT2D eigenvalue weighted by atomic mass is 9.98. The molecule has 1 aliphatic heterocycles. The molecule has 1 fully saturated rings. The average Bonchev–Trinajstić information content (AvgIpc) is 3.39. The summed E-state index contributed by atoms with van der Waals surface area (Å²) < 4.78 is 28.4. The fourth-order valence-electron chi connectivity index (χ4n) is 8.39. The zero-order valence-electron chi connectivity index (χ0n) is 47.0. The third-order valence-corrected chi connectivity index (χ3v) is 12.9. The number of aliphatic hydroxyl groups excluding tert-OH is 2. The summed E-state index contributed by atoms with van der Waals surface area (Å²) in [6, 6.07) is 0. The molecule has 0 bridgehead atoms. The van der Waals surface area contributed by atoms with Crippen molar-refractivity contribution in [3.8, 4) is 0 Å². The summed E-state index contributed by atoms with van der Waals surface area (Å²) in [6.07, 6.45) is 52.6. The number of carboxylic acid groups (broad SMARTS) is 1. The fourth-order valence-corrected chi connectivity index (χ4v) is 8.39. The molecule has 1 rings (SSSR count). The predicted octanol–water partition coefficient (Wildman–Crippen LogP) is 15.1. The van der Waals surface area contributed by atoms with Gasteiger partial charge >= 0.3 is 23.9 Å². The number of rotatable bonds is 49. The normalized spacial score (nSPS) is 18.8. The Kier molecular flexibility index (Phi) is 46.6. The van der Waals surface area contributed by atoms with Crippen LogP contribution in [0.5, 0.6) is 0 Å². The molecule has 0 amide bonds. The average molecular weight is 1050 g/mol. The summed E-state index contributed by atoms with van der Waals surface area (Å²) in [5.74, 6) is -3.17. The van der Waals surface area contributed by atoms with E-state index in [2.05, 4.69) is 106 Å². The Hall–Kier alpha value is -4.10. The molecule has 12 nitrogen and oxygen atoms in total. The molecule has 6 unspecified atom stereocenters. The molecule has 1 saturated heterocycles. The Balaban J connectivity index is 2.71. The van der Waals surface area contributed by atoms with Crippen LogP contribution in [0.2, 0.25) is 0 Å². The maximum absolute atomic E-state index is 13.1. The van der Waals surface area contributed by atoms with Crippen LogP contribution in [0.25, 0.3) is 0 Å². The zero-order chi connectivity index (χ0) is 54.7. The number of unbranched alkanes of at least 4 members (excludes halogenated alkanes) is 21. The topological polar surface area (TPSA) is 175 Å². The predicted molar refractivity (Wildman–Crippen MR) is 303 cm³/mol. The second-order valence-electron chi connectivity index (χ2n) is 19.9. The van der Waals surface area contributed by atoms with E-state index in [4.69, 9.17) is 23.7 Å². The Morgan fingerprint density at radius 1 is 0.453 bits per heavy atom. The summed E-state index contributed by atoms with van der Waals surface area (Å²) in [5, 5.41) is 31.5. The van der Waals surface area contributed by atoms with Gasteiger partial charge in [-0.25, -0.2) is 4.79 Å². The smallest absolute Gasteiger partial charge is 0.335 e. The molecule has 3 N–H and O–H groups in total. The van der Waals surface area contributed by atoms with Gasteiger partial charge in [-0.1, -0.05) is 196 Å². The first-order chi connectivity index (χ1) is 36.6. The number of allylic oxidation sites excluding steroid dienone is 14. The van der Waals surface area contributed by atoms with Gasteiger partial charge in [0, 0.05) is 19.3 Å². The van der Waals surface area contributed by atoms with E-state index in [0.29, 0.717) is 19.3 Å². The van der Waals surface area contributed by atoms with E-state index in [0.717, 1.165) is 154 Å². The van der Waals surface area contributed by atoms with Crippen LogP contribution in [0.4, 0.5) is 0 Å². The van der Waals surface area contributed by atoms with Gasteiger partial charge in [0.05, 0.1) is 6.61 Å². The minimum Gasteiger partial charge on any atom is -0.479 e. The zero-order valence-corrected chi connectivity index (χ0v) is 47.0. The van der Waals surface area contributed by atoms with E-state index in [9.17, 15) is 34.5 Å². The standard InChI is InChI=1S/C63H104O12/c1-4-7-10-13-16-19-22-25-27-28-30-32-34-37-40-43-46-49-55(64)71-52-54(73-56(65)50-47-44-41-38-35-31-24-21-18-15-12-9-6-3)53-72-63-61(59(68)58(67)60(75-63)62(69)70)74-57(66)51-48-45-42-39-36-33-29-26-23-20-17-14-11-8-5-2/h7,10,12,15-17,19-21,24-27,29,54,58-61,63,67-68H,4-6,8-9,11,13-14,18,22-23,28,30-53H2,1-3H3,(H,69,70)/b10-7-,15-12-,19-16-,20-17-,24-21-,27-25-,29-26-. The Morgan fingerprint density at radius 3 is 1.33 bits per heavy atom. The number of ether oxygens (including phenoxy) is 5. The second-order valence-corrected chi connectivity index (χ2v) is 19.9. The quantitative estimate of drug-likeness (QED) is 0.0228. The molecule has 428 valence electrons. The van der Waals surface area contributed by atoms with Crippen LogP contribution in [-0.4, -0.2) is 89.2 Å². The van der Waals surface area contributed by atoms with Crippen molar-refractivity contribution in [1.82, 2.24) is 0 Å². The van der Waals surface area contributed by atoms with E-state index >= 15 is 0 Å². The monoisotopic (exact) mass is 1050 g/mol. The molecule has 0 aliphatic carbocycles. The number of aliphatic carboxylic acids is 1. The first kappa shape index (κ1) is 68.9. The lowest BCUT2D eigenvalue weighted by Crippen LogP contribution is -2.61. The van der Waals surface area contributed by atoms with Gasteiger partial charge in [0.2, 0.25) is 0 Å². The number of aliphatic hydroxyl groups is 2. The minimum absolute atomic E-state index is 0.0391. The van der Waals surface area contributed by atoms with Crippen molar-refractivity contribution in [2.24, 2.45) is 0 Å². The number of carbonyl (C=O) groups is 4. The van der Waals surface area contributed by atoms with Gasteiger partial charge in [0.1, 0.15) is 18.8 Å². The van der Waals surface area contributed by atoms with Gasteiger partial charge in [0.25, 0.3) is 0 Å². The van der Waals surface area contributed by atoms with Crippen LogP contribution < -0.4 is 0 Å². The van der Waals surface area contributed by atoms with E-state index in [-0.39, 0.29) is 25.9 Å². The molecule has 75 heavy (non-hydrogen) atoms. The maximum atomic E-state index is 13.1. The molecule has 0 saturated carbocycles. The Morgan fingerprint density at radius 2 is 0.867 bits per heavy atom. The Labute approximate surface area is 454 Å². The van der Waals surface area contributed by atoms with Crippen molar-refractivity contribution in [1.29, 1.82) is 0 Å². The molecule has 1 heterocycles. The molecule has 0 spiro atoms. The number of carboxylic acids is 1. The van der Waals surface area contributed by atoms with Gasteiger partial charge < -0.3 is 39.0 Å². The van der Waals surface area contributed by atoms with Crippen molar-refractivity contribution < 1.29 is 58.2 Å². The molecule has 0 aromatic carbocycles. The molecule has 0 aromatic heterocycles. The van der Waals surface area contributed by atoms with E-state index in [1.165, 1.54) is 25.7 Å². The van der Waals surface area contributed by atoms with Crippen molar-refractivity contribution in [2.45, 2.75) is 276 Å². The van der Waals surface area contributed by atoms with Crippen LogP contribution in [0.15, 0.2) is 85.1 Å². The van der Waals surface area contributed by atoms with Gasteiger partial charge in [0.15, 0.2) is 24.6 Å². The van der Waals surface area contributed by atoms with Crippen LogP contribution in [0.1, 0.15) is 239 Å². The van der Waals surface area contributed by atoms with E-state index in [1.54, 1.807) is 0 Å². The van der Waals surface area contributed by atoms with Crippen molar-refractivity contribution in [3.63, 3.8) is 0 Å². The van der Waals surface area contributed by atoms with Crippen LogP contribution in [-0.2, 0) is 42.9 Å². The molecule has 6 atom stereocenters. The first-order valence-corrected chi connectivity index (χ1v) is 29.6. The summed E-state index contributed by atoms with van der Waals surface area (Å²) >= 11 is 0. The highest BCUT2D eigenvalue weighted by atomic mass is 16.7. The van der Waals surface area contributed by atoms with Gasteiger partial charge in [-0.05, 0) is 109 Å². The SMILES string of the molecule is CC/C=C\C/C=C\C/C=C\CCCCCCCCCC(=O)OCC(COC1OC(C(=O)O)C(O)C(O)C1OC(=O)CCCCCCC/C=C\C/C=C\CCCCC)OC(=O)CCCCCCC/C=C\C/C=C\CCC. The van der Waals surface area contributed by atoms with Crippen LogP contribution in [0.3, 0.4) is 0 Å². The summed E-state index contributed by atoms with van der Waals surface area (Å²) in [7, 11) is 0. The van der Waals surface area contributed by atoms with Crippen molar-refractivity contribution >= 4 is 23.9 Å². The molecule has 0 radical (unpaired) electrons. The molecule has 0 aromatic rings. The minimum atomic E-state index is -1.91. The lowest BCUT2D eigenvalue weighted by Gasteiger charge is -2.40. The third kappa shape index (κ3) is 40.8. The number of hydrogen-bond acceptors (Lipinski definition) is 11. The van der Waals surface area contributed by atoms with Crippen LogP contribution in [0, 0.1) is 0 Å². The molecular formula is C63H104O12. The number of hydrogen-bond donors (Lipinski definition) is 3. The van der Waals surface area contributed by atoms with Gasteiger partial charge in [-0.2, -0.15) is 0 Å². The second kappa shape index (κ2) is 50.7. The fraction of sp³-hybridized carbons (Fsp3) is 0.714. The van der Waals surface area contributed by atoms with Crippen LogP contribution >= 0.6 is 0 Å². The highest BCUT2D eigenvalue weighted by molar-refractivity contribution is 5.74. The first-order valence-electron chi connectivity index (χ1n) is 29.6.